The van der Waals surface area contributed by atoms with Crippen molar-refractivity contribution < 1.29 is 23.8 Å². The SMILES string of the molecule is CO[C@@H]1C[C@H]2[C@@H]3CCC4=CC(=O)C=C[C@]4(C)[C@@]3(F)[C@@H](O)C[C@]2(C)C1=O. The van der Waals surface area contributed by atoms with Crippen LogP contribution in [0.5, 0.6) is 0 Å². The number of ether oxygens (including phenoxy) is 1. The number of halogens is 1. The summed E-state index contributed by atoms with van der Waals surface area (Å²) >= 11 is 0. The zero-order valence-corrected chi connectivity index (χ0v) is 14.9. The van der Waals surface area contributed by atoms with Crippen LogP contribution in [-0.4, -0.2) is 41.7 Å². The largest absolute Gasteiger partial charge is 0.390 e. The first-order chi connectivity index (χ1) is 11.7. The third kappa shape index (κ3) is 1.89. The van der Waals surface area contributed by atoms with Gasteiger partial charge in [0, 0.05) is 23.9 Å². The lowest BCUT2D eigenvalue weighted by Gasteiger charge is -2.60. The van der Waals surface area contributed by atoms with Gasteiger partial charge < -0.3 is 9.84 Å². The Balaban J connectivity index is 1.82. The third-order valence-electron chi connectivity index (χ3n) is 7.64. The number of ketones is 2. The van der Waals surface area contributed by atoms with E-state index in [1.54, 1.807) is 13.0 Å². The minimum absolute atomic E-state index is 0.0121. The van der Waals surface area contributed by atoms with Crippen LogP contribution in [0.15, 0.2) is 23.8 Å². The van der Waals surface area contributed by atoms with Gasteiger partial charge >= 0.3 is 0 Å². The van der Waals surface area contributed by atoms with Crippen LogP contribution < -0.4 is 0 Å². The molecule has 5 heteroatoms. The van der Waals surface area contributed by atoms with E-state index in [0.29, 0.717) is 19.3 Å². The van der Waals surface area contributed by atoms with Gasteiger partial charge in [0.25, 0.3) is 0 Å². The Kier molecular flexibility index (Phi) is 3.49. The number of aliphatic hydroxyl groups is 1. The number of carbonyl (C=O) groups is 2. The minimum Gasteiger partial charge on any atom is -0.390 e. The molecule has 0 saturated heterocycles. The van der Waals surface area contributed by atoms with Crippen molar-refractivity contribution in [3.05, 3.63) is 23.8 Å². The number of methoxy groups -OCH3 is 1. The maximum atomic E-state index is 16.6. The zero-order valence-electron chi connectivity index (χ0n) is 14.9. The lowest BCUT2D eigenvalue weighted by atomic mass is 9.46. The standard InChI is InChI=1S/C20H25FO4/c1-18-10-16(23)20(21)13(14(18)9-15(25-3)17(18)24)5-4-11-8-12(22)6-7-19(11,20)2/h6-8,13-16,23H,4-5,9-10H2,1-3H3/t13-,14-,15+,16-,18-,19-,20-/m0/s1. The highest BCUT2D eigenvalue weighted by Crippen LogP contribution is 2.67. The molecule has 25 heavy (non-hydrogen) atoms. The van der Waals surface area contributed by atoms with Crippen molar-refractivity contribution in [2.24, 2.45) is 22.7 Å². The van der Waals surface area contributed by atoms with Crippen LogP contribution in [0.3, 0.4) is 0 Å². The summed E-state index contributed by atoms with van der Waals surface area (Å²) in [7, 11) is 1.51. The number of aliphatic hydroxyl groups excluding tert-OH is 1. The molecule has 4 aliphatic rings. The first-order valence-corrected chi connectivity index (χ1v) is 9.07. The molecule has 3 saturated carbocycles. The Bertz CT molecular complexity index is 712. The summed E-state index contributed by atoms with van der Waals surface area (Å²) in [6.07, 6.45) is 4.58. The number of Topliss-reactive ketones (excluding diaryl/α,β-unsaturated/α-hetero) is 1. The van der Waals surface area contributed by atoms with E-state index < -0.39 is 34.6 Å². The minimum atomic E-state index is -1.87. The maximum absolute atomic E-state index is 16.6. The number of rotatable bonds is 1. The fraction of sp³-hybridized carbons (Fsp3) is 0.700. The third-order valence-corrected chi connectivity index (χ3v) is 7.64. The smallest absolute Gasteiger partial charge is 0.178 e. The van der Waals surface area contributed by atoms with Crippen molar-refractivity contribution in [1.29, 1.82) is 0 Å². The van der Waals surface area contributed by atoms with Gasteiger partial charge in [0.05, 0.1) is 6.10 Å². The molecule has 0 aliphatic heterocycles. The average Bonchev–Trinajstić information content (AvgIpc) is 2.81. The second kappa shape index (κ2) is 5.10. The number of fused-ring (bicyclic) bond motifs is 5. The topological polar surface area (TPSA) is 63.6 Å². The van der Waals surface area contributed by atoms with Crippen molar-refractivity contribution in [3.63, 3.8) is 0 Å². The van der Waals surface area contributed by atoms with Gasteiger partial charge in [0.2, 0.25) is 0 Å². The molecule has 0 bridgehead atoms. The van der Waals surface area contributed by atoms with Crippen molar-refractivity contribution in [2.75, 3.05) is 7.11 Å². The molecule has 4 nitrogen and oxygen atoms in total. The number of alkyl halides is 1. The number of carbonyl (C=O) groups excluding carboxylic acids is 2. The van der Waals surface area contributed by atoms with Crippen LogP contribution in [0, 0.1) is 22.7 Å². The van der Waals surface area contributed by atoms with Crippen molar-refractivity contribution in [1.82, 2.24) is 0 Å². The molecule has 0 unspecified atom stereocenters. The summed E-state index contributed by atoms with van der Waals surface area (Å²) in [6, 6.07) is 0. The molecule has 0 spiro atoms. The van der Waals surface area contributed by atoms with E-state index in [1.165, 1.54) is 19.3 Å². The van der Waals surface area contributed by atoms with E-state index in [4.69, 9.17) is 4.74 Å². The van der Waals surface area contributed by atoms with Gasteiger partial charge in [-0.3, -0.25) is 9.59 Å². The highest BCUT2D eigenvalue weighted by Gasteiger charge is 2.71. The Morgan fingerprint density at radius 1 is 1.28 bits per heavy atom. The van der Waals surface area contributed by atoms with Gasteiger partial charge in [-0.15, -0.1) is 0 Å². The Morgan fingerprint density at radius 3 is 2.68 bits per heavy atom. The van der Waals surface area contributed by atoms with Crippen molar-refractivity contribution >= 4 is 11.6 Å². The predicted octanol–water partition coefficient (Wildman–Crippen LogP) is 2.55. The molecule has 4 rings (SSSR count). The van der Waals surface area contributed by atoms with Crippen LogP contribution in [0.4, 0.5) is 4.39 Å². The second-order valence-electron chi connectivity index (χ2n) is 8.59. The van der Waals surface area contributed by atoms with Gasteiger partial charge in [-0.25, -0.2) is 4.39 Å². The molecule has 0 radical (unpaired) electrons. The molecule has 1 N–H and O–H groups in total. The number of hydrogen-bond donors (Lipinski definition) is 1. The molecule has 0 aromatic rings. The molecular weight excluding hydrogens is 323 g/mol. The normalized spacial score (nSPS) is 51.6. The lowest BCUT2D eigenvalue weighted by Crippen LogP contribution is -2.66. The van der Waals surface area contributed by atoms with Gasteiger partial charge in [-0.05, 0) is 50.7 Å². The fourth-order valence-corrected chi connectivity index (χ4v) is 6.19. The summed E-state index contributed by atoms with van der Waals surface area (Å²) < 4.78 is 22.0. The molecule has 4 aliphatic carbocycles. The van der Waals surface area contributed by atoms with Crippen molar-refractivity contribution in [2.45, 2.75) is 57.4 Å². The summed E-state index contributed by atoms with van der Waals surface area (Å²) in [6.45, 7) is 3.64. The van der Waals surface area contributed by atoms with Gasteiger partial charge in [0.15, 0.2) is 17.2 Å². The van der Waals surface area contributed by atoms with E-state index >= 15 is 4.39 Å². The molecule has 0 aromatic carbocycles. The van der Waals surface area contributed by atoms with Gasteiger partial charge in [-0.2, -0.15) is 0 Å². The summed E-state index contributed by atoms with van der Waals surface area (Å²) in [5.41, 5.74) is -2.86. The summed E-state index contributed by atoms with van der Waals surface area (Å²) in [5, 5.41) is 10.9. The van der Waals surface area contributed by atoms with Gasteiger partial charge in [0.1, 0.15) is 6.10 Å². The van der Waals surface area contributed by atoms with Crippen LogP contribution in [0.25, 0.3) is 0 Å². The predicted molar refractivity (Wildman–Crippen MR) is 89.5 cm³/mol. The van der Waals surface area contributed by atoms with E-state index in [0.717, 1.165) is 5.57 Å². The first-order valence-electron chi connectivity index (χ1n) is 9.07. The number of allylic oxidation sites excluding steroid dienone is 4. The van der Waals surface area contributed by atoms with Crippen LogP contribution in [0.1, 0.15) is 39.5 Å². The lowest BCUT2D eigenvalue weighted by molar-refractivity contribution is -0.190. The first kappa shape index (κ1) is 17.1. The molecule has 136 valence electrons. The highest BCUT2D eigenvalue weighted by molar-refractivity contribution is 6.01. The summed E-state index contributed by atoms with van der Waals surface area (Å²) in [5.74, 6) is -0.713. The molecule has 3 fully saturated rings. The average molecular weight is 348 g/mol. The quantitative estimate of drug-likeness (QED) is 0.791. The Labute approximate surface area is 147 Å². The highest BCUT2D eigenvalue weighted by atomic mass is 19.1. The summed E-state index contributed by atoms with van der Waals surface area (Å²) in [4.78, 5) is 24.5. The van der Waals surface area contributed by atoms with E-state index in [9.17, 15) is 14.7 Å². The Morgan fingerprint density at radius 2 is 2.00 bits per heavy atom. The monoisotopic (exact) mass is 348 g/mol. The molecule has 0 aromatic heterocycles. The van der Waals surface area contributed by atoms with E-state index in [-0.39, 0.29) is 23.9 Å². The van der Waals surface area contributed by atoms with E-state index in [2.05, 4.69) is 0 Å². The van der Waals surface area contributed by atoms with Crippen LogP contribution >= 0.6 is 0 Å². The van der Waals surface area contributed by atoms with Gasteiger partial charge in [-0.1, -0.05) is 18.6 Å². The Hall–Kier alpha value is -1.33. The molecule has 0 heterocycles. The molecular formula is C20H25FO4. The van der Waals surface area contributed by atoms with Crippen LogP contribution in [-0.2, 0) is 14.3 Å². The second-order valence-corrected chi connectivity index (χ2v) is 8.59. The van der Waals surface area contributed by atoms with E-state index in [1.807, 2.05) is 6.92 Å². The fourth-order valence-electron chi connectivity index (χ4n) is 6.19. The maximum Gasteiger partial charge on any atom is 0.178 e. The number of hydrogen-bond acceptors (Lipinski definition) is 4. The zero-order chi connectivity index (χ0) is 18.2. The van der Waals surface area contributed by atoms with Crippen molar-refractivity contribution in [3.8, 4) is 0 Å². The molecule has 0 amide bonds. The van der Waals surface area contributed by atoms with Crippen LogP contribution in [0.2, 0.25) is 0 Å². The molecule has 7 atom stereocenters.